The highest BCUT2D eigenvalue weighted by molar-refractivity contribution is 5.69. The summed E-state index contributed by atoms with van der Waals surface area (Å²) in [5.74, 6) is 1.12. The second kappa shape index (κ2) is 6.13. The number of nitrogens with zero attached hydrogens (tertiary/aromatic N) is 4. The topological polar surface area (TPSA) is 88.0 Å². The monoisotopic (exact) mass is 294 g/mol. The van der Waals surface area contributed by atoms with Crippen molar-refractivity contribution in [2.24, 2.45) is 0 Å². The van der Waals surface area contributed by atoms with Gasteiger partial charge in [-0.1, -0.05) is 0 Å². The van der Waals surface area contributed by atoms with Gasteiger partial charge < -0.3 is 24.4 Å². The summed E-state index contributed by atoms with van der Waals surface area (Å²) < 4.78 is 10.3. The molecule has 8 nitrogen and oxygen atoms in total. The third-order valence-corrected chi connectivity index (χ3v) is 3.66. The third kappa shape index (κ3) is 2.99. The molecule has 0 aliphatic carbocycles. The number of carbonyl (C=O) groups is 1. The van der Waals surface area contributed by atoms with Gasteiger partial charge in [0.1, 0.15) is 6.61 Å². The van der Waals surface area contributed by atoms with Gasteiger partial charge in [0.25, 0.3) is 0 Å². The van der Waals surface area contributed by atoms with Gasteiger partial charge >= 0.3 is 6.09 Å². The average molecular weight is 294 g/mol. The number of carbonyl (C=O) groups excluding carboxylic acids is 1. The molecule has 2 saturated heterocycles. The van der Waals surface area contributed by atoms with Gasteiger partial charge in [0.2, 0.25) is 5.88 Å². The van der Waals surface area contributed by atoms with Gasteiger partial charge in [-0.05, 0) is 0 Å². The molecule has 2 fully saturated rings. The Hall–Kier alpha value is -2.09. The van der Waals surface area contributed by atoms with Crippen molar-refractivity contribution < 1.29 is 19.4 Å². The Kier molecular flexibility index (Phi) is 4.05. The summed E-state index contributed by atoms with van der Waals surface area (Å²) in [6, 6.07) is 0.156. The van der Waals surface area contributed by atoms with Crippen LogP contribution in [0.3, 0.4) is 0 Å². The van der Waals surface area contributed by atoms with Crippen molar-refractivity contribution in [1.82, 2.24) is 14.9 Å². The maximum absolute atomic E-state index is 11.7. The van der Waals surface area contributed by atoms with Crippen LogP contribution >= 0.6 is 0 Å². The normalized spacial score (nSPS) is 21.8. The molecule has 2 aliphatic rings. The average Bonchev–Trinajstić information content (AvgIpc) is 2.53. The predicted molar refractivity (Wildman–Crippen MR) is 73.3 cm³/mol. The van der Waals surface area contributed by atoms with Crippen LogP contribution in [-0.2, 0) is 4.74 Å². The molecule has 0 spiro atoms. The number of aliphatic hydroxyl groups is 1. The molecule has 0 radical (unpaired) electrons. The highest BCUT2D eigenvalue weighted by Gasteiger charge is 2.35. The van der Waals surface area contributed by atoms with Crippen molar-refractivity contribution in [2.75, 3.05) is 44.4 Å². The Morgan fingerprint density at radius 2 is 2.33 bits per heavy atom. The molecule has 3 heterocycles. The van der Waals surface area contributed by atoms with E-state index in [-0.39, 0.29) is 25.3 Å². The number of hydrogen-bond donors (Lipinski definition) is 1. The fraction of sp³-hybridized carbons (Fsp3) is 0.615. The van der Waals surface area contributed by atoms with Gasteiger partial charge in [0.05, 0.1) is 31.6 Å². The lowest BCUT2D eigenvalue weighted by Crippen LogP contribution is -2.58. The molecule has 1 amide bonds. The summed E-state index contributed by atoms with van der Waals surface area (Å²) in [7, 11) is 0. The second-order valence-electron chi connectivity index (χ2n) is 4.98. The number of anilines is 1. The van der Waals surface area contributed by atoms with Crippen molar-refractivity contribution in [2.45, 2.75) is 12.5 Å². The molecule has 1 aromatic rings. The first-order chi connectivity index (χ1) is 10.3. The molecular weight excluding hydrogens is 276 g/mol. The number of amides is 1. The van der Waals surface area contributed by atoms with Crippen LogP contribution in [0.2, 0.25) is 0 Å². The summed E-state index contributed by atoms with van der Waals surface area (Å²) in [4.78, 5) is 24.0. The molecule has 3 rings (SSSR count). The van der Waals surface area contributed by atoms with E-state index in [1.54, 1.807) is 11.1 Å². The fourth-order valence-corrected chi connectivity index (χ4v) is 2.63. The minimum absolute atomic E-state index is 0.0607. The van der Waals surface area contributed by atoms with Gasteiger partial charge in [-0.3, -0.25) is 4.98 Å². The van der Waals surface area contributed by atoms with E-state index in [1.807, 2.05) is 0 Å². The lowest BCUT2D eigenvalue weighted by molar-refractivity contribution is 0.0397. The molecule has 0 aromatic carbocycles. The van der Waals surface area contributed by atoms with E-state index in [4.69, 9.17) is 14.6 Å². The molecule has 114 valence electrons. The number of ether oxygens (including phenoxy) is 2. The van der Waals surface area contributed by atoms with E-state index in [1.165, 1.54) is 6.20 Å². The lowest BCUT2D eigenvalue weighted by atomic mass is 10.1. The van der Waals surface area contributed by atoms with Crippen molar-refractivity contribution in [3.05, 3.63) is 12.4 Å². The largest absolute Gasteiger partial charge is 0.474 e. The van der Waals surface area contributed by atoms with Crippen LogP contribution in [0.25, 0.3) is 0 Å². The Labute approximate surface area is 122 Å². The standard InChI is InChI=1S/C13H18N4O4/c18-4-6-20-12-8-14-7-11(15-12)16-2-3-17-10(9-16)1-5-21-13(17)19/h7-8,10,18H,1-6,9H2. The summed E-state index contributed by atoms with van der Waals surface area (Å²) in [6.45, 7) is 2.62. The fourth-order valence-electron chi connectivity index (χ4n) is 2.63. The Balaban J connectivity index is 1.68. The van der Waals surface area contributed by atoms with Crippen molar-refractivity contribution in [3.63, 3.8) is 0 Å². The molecular formula is C13H18N4O4. The molecule has 1 N–H and O–H groups in total. The number of piperazine rings is 1. The van der Waals surface area contributed by atoms with Gasteiger partial charge in [0.15, 0.2) is 5.82 Å². The zero-order valence-electron chi connectivity index (χ0n) is 11.6. The lowest BCUT2D eigenvalue weighted by Gasteiger charge is -2.43. The van der Waals surface area contributed by atoms with Gasteiger partial charge in [-0.2, -0.15) is 4.98 Å². The number of hydrogen-bond acceptors (Lipinski definition) is 7. The van der Waals surface area contributed by atoms with Crippen LogP contribution in [0.4, 0.5) is 10.6 Å². The third-order valence-electron chi connectivity index (χ3n) is 3.66. The van der Waals surface area contributed by atoms with E-state index in [2.05, 4.69) is 14.9 Å². The first kappa shape index (κ1) is 13.9. The number of fused-ring (bicyclic) bond motifs is 1. The highest BCUT2D eigenvalue weighted by Crippen LogP contribution is 2.23. The van der Waals surface area contributed by atoms with Gasteiger partial charge in [-0.15, -0.1) is 0 Å². The summed E-state index contributed by atoms with van der Waals surface area (Å²) in [6.07, 6.45) is 3.81. The van der Waals surface area contributed by atoms with Crippen LogP contribution < -0.4 is 9.64 Å². The van der Waals surface area contributed by atoms with E-state index >= 15 is 0 Å². The second-order valence-corrected chi connectivity index (χ2v) is 4.98. The quantitative estimate of drug-likeness (QED) is 0.828. The van der Waals surface area contributed by atoms with E-state index in [9.17, 15) is 4.79 Å². The molecule has 1 aromatic heterocycles. The minimum atomic E-state index is -0.225. The molecule has 0 saturated carbocycles. The van der Waals surface area contributed by atoms with Gasteiger partial charge in [0, 0.05) is 26.1 Å². The van der Waals surface area contributed by atoms with Crippen LogP contribution in [0.15, 0.2) is 12.4 Å². The zero-order valence-corrected chi connectivity index (χ0v) is 11.6. The molecule has 21 heavy (non-hydrogen) atoms. The first-order valence-electron chi connectivity index (χ1n) is 7.02. The van der Waals surface area contributed by atoms with Crippen LogP contribution in [0.1, 0.15) is 6.42 Å². The number of aromatic nitrogens is 2. The molecule has 1 unspecified atom stereocenters. The van der Waals surface area contributed by atoms with E-state index in [0.717, 1.165) is 12.2 Å². The van der Waals surface area contributed by atoms with Gasteiger partial charge in [-0.25, -0.2) is 4.79 Å². The zero-order chi connectivity index (χ0) is 14.7. The molecule has 1 atom stereocenters. The number of aliphatic hydroxyl groups excluding tert-OH is 1. The molecule has 2 aliphatic heterocycles. The summed E-state index contributed by atoms with van der Waals surface area (Å²) in [5, 5.41) is 8.77. The number of rotatable bonds is 4. The molecule has 8 heteroatoms. The summed E-state index contributed by atoms with van der Waals surface area (Å²) >= 11 is 0. The van der Waals surface area contributed by atoms with Crippen molar-refractivity contribution in [1.29, 1.82) is 0 Å². The van der Waals surface area contributed by atoms with E-state index < -0.39 is 0 Å². The number of cyclic esters (lactones) is 1. The molecule has 0 bridgehead atoms. The minimum Gasteiger partial charge on any atom is -0.474 e. The summed E-state index contributed by atoms with van der Waals surface area (Å²) in [5.41, 5.74) is 0. The van der Waals surface area contributed by atoms with Crippen molar-refractivity contribution in [3.8, 4) is 5.88 Å². The van der Waals surface area contributed by atoms with Crippen LogP contribution in [0.5, 0.6) is 5.88 Å². The Morgan fingerprint density at radius 1 is 1.43 bits per heavy atom. The van der Waals surface area contributed by atoms with E-state index in [0.29, 0.717) is 32.1 Å². The highest BCUT2D eigenvalue weighted by atomic mass is 16.6. The van der Waals surface area contributed by atoms with Crippen molar-refractivity contribution >= 4 is 11.9 Å². The SMILES string of the molecule is O=C1OCCC2CN(c3cncc(OCCO)n3)CCN12. The maximum Gasteiger partial charge on any atom is 0.410 e. The smallest absolute Gasteiger partial charge is 0.410 e. The van der Waals surface area contributed by atoms with Crippen LogP contribution in [-0.4, -0.2) is 71.6 Å². The Bertz CT molecular complexity index is 513. The van der Waals surface area contributed by atoms with Crippen LogP contribution in [0, 0.1) is 0 Å². The predicted octanol–water partition coefficient (Wildman–Crippen LogP) is -0.121. The maximum atomic E-state index is 11.7. The Morgan fingerprint density at radius 3 is 3.19 bits per heavy atom. The first-order valence-corrected chi connectivity index (χ1v) is 7.02.